The van der Waals surface area contributed by atoms with Gasteiger partial charge in [-0.3, -0.25) is 4.84 Å². The second-order valence-electron chi connectivity index (χ2n) is 4.15. The Hall–Kier alpha value is -1.58. The van der Waals surface area contributed by atoms with E-state index < -0.39 is 38.1 Å². The number of sulfonamides is 1. The van der Waals surface area contributed by atoms with Gasteiger partial charge in [-0.1, -0.05) is 4.47 Å². The Balaban J connectivity index is 2.52. The fourth-order valence-corrected chi connectivity index (χ4v) is 3.15. The Morgan fingerprint density at radius 1 is 1.30 bits per heavy atom. The molecule has 110 valence electrons. The Bertz CT molecular complexity index is 640. The molecule has 0 atom stereocenters. The minimum atomic E-state index is -4.44. The number of aromatic carboxylic acids is 1. The predicted molar refractivity (Wildman–Crippen MR) is 62.4 cm³/mol. The summed E-state index contributed by atoms with van der Waals surface area (Å²) in [4.78, 5) is 14.6. The lowest BCUT2D eigenvalue weighted by Crippen LogP contribution is -2.36. The summed E-state index contributed by atoms with van der Waals surface area (Å²) in [6, 6.07) is 1.00. The molecule has 1 aromatic carbocycles. The molecule has 0 amide bonds. The number of carboxylic acids is 1. The van der Waals surface area contributed by atoms with Crippen LogP contribution in [0.3, 0.4) is 0 Å². The summed E-state index contributed by atoms with van der Waals surface area (Å²) >= 11 is 0. The third-order valence-electron chi connectivity index (χ3n) is 2.76. The van der Waals surface area contributed by atoms with Gasteiger partial charge < -0.3 is 5.11 Å². The molecular formula is C11H11F2NO5S. The van der Waals surface area contributed by atoms with Gasteiger partial charge in [0.25, 0.3) is 10.0 Å². The first-order valence-corrected chi connectivity index (χ1v) is 7.16. The smallest absolute Gasteiger partial charge is 0.335 e. The molecule has 0 bridgehead atoms. The highest BCUT2D eigenvalue weighted by molar-refractivity contribution is 7.89. The Kier molecular flexibility index (Phi) is 4.02. The molecule has 2 rings (SSSR count). The van der Waals surface area contributed by atoms with Gasteiger partial charge in [0.05, 0.1) is 12.2 Å². The Morgan fingerprint density at radius 2 is 2.00 bits per heavy atom. The fourth-order valence-electron chi connectivity index (χ4n) is 1.75. The third-order valence-corrected chi connectivity index (χ3v) is 4.44. The molecule has 0 spiro atoms. The van der Waals surface area contributed by atoms with E-state index in [1.807, 2.05) is 0 Å². The lowest BCUT2D eigenvalue weighted by Gasteiger charge is -2.25. The summed E-state index contributed by atoms with van der Waals surface area (Å²) in [7, 11) is -4.44. The van der Waals surface area contributed by atoms with Crippen molar-refractivity contribution in [3.05, 3.63) is 29.3 Å². The summed E-state index contributed by atoms with van der Waals surface area (Å²) in [6.45, 7) is 0.142. The number of hydrogen-bond acceptors (Lipinski definition) is 4. The van der Waals surface area contributed by atoms with Crippen molar-refractivity contribution >= 4 is 16.0 Å². The highest BCUT2D eigenvalue weighted by Gasteiger charge is 2.32. The van der Waals surface area contributed by atoms with Gasteiger partial charge in [-0.15, -0.1) is 0 Å². The van der Waals surface area contributed by atoms with Crippen LogP contribution in [0.1, 0.15) is 23.2 Å². The lowest BCUT2D eigenvalue weighted by molar-refractivity contribution is -0.109. The Morgan fingerprint density at radius 3 is 2.55 bits per heavy atom. The van der Waals surface area contributed by atoms with Crippen LogP contribution in [0.5, 0.6) is 0 Å². The second kappa shape index (κ2) is 5.43. The molecular weight excluding hydrogens is 296 g/mol. The molecule has 1 heterocycles. The molecule has 6 nitrogen and oxygen atoms in total. The molecule has 0 saturated carbocycles. The minimum Gasteiger partial charge on any atom is -0.478 e. The number of hydrogen-bond donors (Lipinski definition) is 1. The van der Waals surface area contributed by atoms with Crippen molar-refractivity contribution in [2.45, 2.75) is 17.7 Å². The molecule has 0 aromatic heterocycles. The number of halogens is 2. The zero-order valence-corrected chi connectivity index (χ0v) is 11.0. The van der Waals surface area contributed by atoms with Crippen molar-refractivity contribution < 1.29 is 31.9 Å². The Labute approximate surface area is 113 Å². The van der Waals surface area contributed by atoms with E-state index in [0.29, 0.717) is 29.4 Å². The van der Waals surface area contributed by atoms with Gasteiger partial charge >= 0.3 is 5.97 Å². The van der Waals surface area contributed by atoms with E-state index in [9.17, 15) is 22.0 Å². The van der Waals surface area contributed by atoms with Crippen LogP contribution < -0.4 is 0 Å². The summed E-state index contributed by atoms with van der Waals surface area (Å²) in [5.74, 6) is -4.72. The van der Waals surface area contributed by atoms with Crippen molar-refractivity contribution in [1.82, 2.24) is 4.47 Å². The summed E-state index contributed by atoms with van der Waals surface area (Å²) in [5.41, 5.74) is -0.653. The number of nitrogens with zero attached hydrogens (tertiary/aromatic N) is 1. The van der Waals surface area contributed by atoms with Gasteiger partial charge in [0.2, 0.25) is 0 Å². The highest BCUT2D eigenvalue weighted by Crippen LogP contribution is 2.25. The van der Waals surface area contributed by atoms with Crippen molar-refractivity contribution in [1.29, 1.82) is 0 Å². The average molecular weight is 307 g/mol. The molecule has 20 heavy (non-hydrogen) atoms. The van der Waals surface area contributed by atoms with Gasteiger partial charge in [-0.2, -0.15) is 0 Å². The van der Waals surface area contributed by atoms with E-state index in [1.165, 1.54) is 0 Å². The van der Waals surface area contributed by atoms with Crippen molar-refractivity contribution in [3.8, 4) is 0 Å². The molecule has 0 radical (unpaired) electrons. The quantitative estimate of drug-likeness (QED) is 0.912. The number of carbonyl (C=O) groups is 1. The zero-order chi connectivity index (χ0) is 14.9. The average Bonchev–Trinajstić information content (AvgIpc) is 2.42. The molecule has 1 saturated heterocycles. The molecule has 0 unspecified atom stereocenters. The predicted octanol–water partition coefficient (Wildman–Crippen LogP) is 1.38. The first kappa shape index (κ1) is 14.8. The first-order chi connectivity index (χ1) is 9.34. The minimum absolute atomic E-state index is 0.000686. The number of benzene rings is 1. The van der Waals surface area contributed by atoms with Crippen LogP contribution in [0, 0.1) is 11.6 Å². The van der Waals surface area contributed by atoms with Crippen LogP contribution in [-0.2, 0) is 14.9 Å². The standard InChI is InChI=1S/C11H11F2NO5S/c12-8-5-7(11(15)16)6-9(10(8)13)20(17,18)14-3-1-2-4-19-14/h5-6H,1-4H2,(H,15,16). The number of carboxylic acid groups (broad SMARTS) is 1. The van der Waals surface area contributed by atoms with Gasteiger partial charge in [0, 0.05) is 6.54 Å². The zero-order valence-electron chi connectivity index (χ0n) is 10.2. The van der Waals surface area contributed by atoms with Crippen LogP contribution in [-0.4, -0.2) is 37.1 Å². The third kappa shape index (κ3) is 2.65. The van der Waals surface area contributed by atoms with E-state index >= 15 is 0 Å². The molecule has 1 fully saturated rings. The SMILES string of the molecule is O=C(O)c1cc(F)c(F)c(S(=O)(=O)N2CCCCO2)c1. The molecule has 1 N–H and O–H groups in total. The summed E-state index contributed by atoms with van der Waals surface area (Å²) in [5, 5.41) is 8.77. The number of hydroxylamine groups is 1. The van der Waals surface area contributed by atoms with Crippen LogP contribution in [0.15, 0.2) is 17.0 Å². The van der Waals surface area contributed by atoms with Crippen molar-refractivity contribution in [2.24, 2.45) is 0 Å². The van der Waals surface area contributed by atoms with Crippen LogP contribution in [0.2, 0.25) is 0 Å². The monoisotopic (exact) mass is 307 g/mol. The molecule has 0 aliphatic carbocycles. The van der Waals surface area contributed by atoms with Crippen molar-refractivity contribution in [3.63, 3.8) is 0 Å². The largest absolute Gasteiger partial charge is 0.478 e. The van der Waals surface area contributed by atoms with Crippen LogP contribution in [0.4, 0.5) is 8.78 Å². The van der Waals surface area contributed by atoms with Gasteiger partial charge in [-0.25, -0.2) is 22.0 Å². The molecule has 1 aliphatic heterocycles. The maximum Gasteiger partial charge on any atom is 0.335 e. The van der Waals surface area contributed by atoms with Crippen molar-refractivity contribution in [2.75, 3.05) is 13.2 Å². The van der Waals surface area contributed by atoms with Gasteiger partial charge in [0.15, 0.2) is 11.6 Å². The van der Waals surface area contributed by atoms with Gasteiger partial charge in [-0.05, 0) is 25.0 Å². The van der Waals surface area contributed by atoms with E-state index in [-0.39, 0.29) is 13.2 Å². The summed E-state index contributed by atoms with van der Waals surface area (Å²) in [6.07, 6.45) is 1.17. The second-order valence-corrected chi connectivity index (χ2v) is 5.94. The normalized spacial score (nSPS) is 17.1. The maximum absolute atomic E-state index is 13.7. The topological polar surface area (TPSA) is 83.9 Å². The molecule has 1 aliphatic rings. The van der Waals surface area contributed by atoms with Gasteiger partial charge in [0.1, 0.15) is 4.90 Å². The van der Waals surface area contributed by atoms with Crippen LogP contribution >= 0.6 is 0 Å². The molecule has 1 aromatic rings. The summed E-state index contributed by atoms with van der Waals surface area (Å²) < 4.78 is 51.8. The highest BCUT2D eigenvalue weighted by atomic mass is 32.2. The van der Waals surface area contributed by atoms with Crippen LogP contribution in [0.25, 0.3) is 0 Å². The van der Waals surface area contributed by atoms with E-state index in [4.69, 9.17) is 9.94 Å². The molecule has 9 heteroatoms. The fraction of sp³-hybridized carbons (Fsp3) is 0.364. The van der Waals surface area contributed by atoms with E-state index in [2.05, 4.69) is 0 Å². The lowest BCUT2D eigenvalue weighted by atomic mass is 10.2. The van der Waals surface area contributed by atoms with E-state index in [0.717, 1.165) is 0 Å². The number of rotatable bonds is 3. The van der Waals surface area contributed by atoms with E-state index in [1.54, 1.807) is 0 Å². The first-order valence-electron chi connectivity index (χ1n) is 5.72. The maximum atomic E-state index is 13.7.